The molecule has 1 fully saturated rings. The summed E-state index contributed by atoms with van der Waals surface area (Å²) in [6.45, 7) is 0.792. The van der Waals surface area contributed by atoms with E-state index < -0.39 is 5.97 Å². The van der Waals surface area contributed by atoms with Gasteiger partial charge in [0.05, 0.1) is 18.3 Å². The van der Waals surface area contributed by atoms with E-state index in [0.29, 0.717) is 11.8 Å². The Hall–Kier alpha value is -1.55. The second-order valence-electron chi connectivity index (χ2n) is 3.39. The zero-order valence-corrected chi connectivity index (χ0v) is 7.56. The van der Waals surface area contributed by atoms with Crippen LogP contribution in [0.5, 0.6) is 0 Å². The van der Waals surface area contributed by atoms with Gasteiger partial charge in [0.2, 0.25) is 0 Å². The number of benzene rings is 1. The highest BCUT2D eigenvalue weighted by atomic mass is 16.6. The number of carbonyl (C=O) groups is 1. The summed E-state index contributed by atoms with van der Waals surface area (Å²) >= 11 is 0. The molecule has 1 aliphatic rings. The lowest BCUT2D eigenvalue weighted by Gasteiger charge is -2.03. The van der Waals surface area contributed by atoms with Gasteiger partial charge in [0, 0.05) is 12.1 Å². The Morgan fingerprint density at radius 3 is 2.86 bits per heavy atom. The summed E-state index contributed by atoms with van der Waals surface area (Å²) < 4.78 is 5.07. The van der Waals surface area contributed by atoms with Gasteiger partial charge in [-0.2, -0.15) is 0 Å². The molecule has 3 N–H and O–H groups in total. The minimum atomic E-state index is -0.989. The molecule has 1 aliphatic heterocycles. The lowest BCUT2D eigenvalue weighted by atomic mass is 10.1. The number of nitrogen functional groups attached to an aromatic ring is 1. The van der Waals surface area contributed by atoms with Gasteiger partial charge in [0.1, 0.15) is 0 Å². The third-order valence-corrected chi connectivity index (χ3v) is 2.21. The van der Waals surface area contributed by atoms with Crippen molar-refractivity contribution in [3.05, 3.63) is 29.3 Å². The minimum Gasteiger partial charge on any atom is -0.478 e. The van der Waals surface area contributed by atoms with Crippen molar-refractivity contribution in [3.8, 4) is 0 Å². The molecule has 1 aromatic rings. The van der Waals surface area contributed by atoms with Crippen molar-refractivity contribution < 1.29 is 14.6 Å². The molecule has 1 unspecified atom stereocenters. The number of aromatic carboxylic acids is 1. The average molecular weight is 193 g/mol. The summed E-state index contributed by atoms with van der Waals surface area (Å²) in [7, 11) is 0. The molecule has 2 rings (SSSR count). The fourth-order valence-corrected chi connectivity index (χ4v) is 1.38. The number of rotatable bonds is 3. The quantitative estimate of drug-likeness (QED) is 0.552. The van der Waals surface area contributed by atoms with Crippen molar-refractivity contribution in [3.63, 3.8) is 0 Å². The zero-order valence-electron chi connectivity index (χ0n) is 7.56. The molecule has 74 valence electrons. The largest absolute Gasteiger partial charge is 0.478 e. The maximum absolute atomic E-state index is 10.7. The number of carboxylic acids is 1. The number of ether oxygens (including phenoxy) is 1. The van der Waals surface area contributed by atoms with E-state index in [2.05, 4.69) is 0 Å². The Morgan fingerprint density at radius 1 is 1.64 bits per heavy atom. The molecule has 1 heterocycles. The maximum atomic E-state index is 10.7. The second-order valence-corrected chi connectivity index (χ2v) is 3.39. The lowest BCUT2D eigenvalue weighted by Crippen LogP contribution is -2.03. The number of hydrogen-bond acceptors (Lipinski definition) is 3. The zero-order chi connectivity index (χ0) is 10.1. The van der Waals surface area contributed by atoms with Crippen LogP contribution in [0.25, 0.3) is 0 Å². The average Bonchev–Trinajstić information content (AvgIpc) is 2.87. The molecule has 4 nitrogen and oxygen atoms in total. The molecule has 1 atom stereocenters. The van der Waals surface area contributed by atoms with Crippen LogP contribution in [0.1, 0.15) is 15.9 Å². The van der Waals surface area contributed by atoms with Crippen LogP contribution in [0.2, 0.25) is 0 Å². The highest BCUT2D eigenvalue weighted by molar-refractivity contribution is 5.93. The van der Waals surface area contributed by atoms with Gasteiger partial charge in [-0.3, -0.25) is 0 Å². The highest BCUT2D eigenvalue weighted by Gasteiger charge is 2.22. The van der Waals surface area contributed by atoms with Crippen molar-refractivity contribution in [2.24, 2.45) is 0 Å². The molecule has 0 radical (unpaired) electrons. The Bertz CT molecular complexity index is 372. The smallest absolute Gasteiger partial charge is 0.337 e. The van der Waals surface area contributed by atoms with Crippen molar-refractivity contribution in [2.75, 3.05) is 12.3 Å². The number of anilines is 1. The van der Waals surface area contributed by atoms with Crippen LogP contribution in [0.3, 0.4) is 0 Å². The third kappa shape index (κ3) is 1.85. The Morgan fingerprint density at radius 2 is 2.36 bits per heavy atom. The van der Waals surface area contributed by atoms with Crippen molar-refractivity contribution >= 4 is 11.7 Å². The lowest BCUT2D eigenvalue weighted by molar-refractivity contribution is 0.0698. The van der Waals surface area contributed by atoms with Crippen molar-refractivity contribution in [1.29, 1.82) is 0 Å². The molecule has 4 heteroatoms. The molecule has 0 amide bonds. The Kier molecular flexibility index (Phi) is 2.13. The van der Waals surface area contributed by atoms with E-state index >= 15 is 0 Å². The molecule has 0 aromatic heterocycles. The van der Waals surface area contributed by atoms with Gasteiger partial charge in [-0.25, -0.2) is 4.79 Å². The van der Waals surface area contributed by atoms with Crippen LogP contribution in [0.15, 0.2) is 18.2 Å². The first-order valence-corrected chi connectivity index (χ1v) is 4.40. The first kappa shape index (κ1) is 9.02. The maximum Gasteiger partial charge on any atom is 0.337 e. The fourth-order valence-electron chi connectivity index (χ4n) is 1.38. The number of hydrogen-bond donors (Lipinski definition) is 2. The monoisotopic (exact) mass is 193 g/mol. The van der Waals surface area contributed by atoms with E-state index in [4.69, 9.17) is 15.6 Å². The fraction of sp³-hybridized carbons (Fsp3) is 0.300. The molecule has 0 saturated carbocycles. The molecule has 14 heavy (non-hydrogen) atoms. The Labute approximate surface area is 81.3 Å². The van der Waals surface area contributed by atoms with Crippen LogP contribution < -0.4 is 5.73 Å². The van der Waals surface area contributed by atoms with E-state index in [9.17, 15) is 4.79 Å². The first-order valence-electron chi connectivity index (χ1n) is 4.40. The third-order valence-electron chi connectivity index (χ3n) is 2.21. The summed E-state index contributed by atoms with van der Waals surface area (Å²) in [4.78, 5) is 10.7. The van der Waals surface area contributed by atoms with Gasteiger partial charge < -0.3 is 15.6 Å². The normalized spacial score (nSPS) is 19.3. The van der Waals surface area contributed by atoms with Gasteiger partial charge in [-0.15, -0.1) is 0 Å². The van der Waals surface area contributed by atoms with E-state index in [-0.39, 0.29) is 5.56 Å². The van der Waals surface area contributed by atoms with Gasteiger partial charge in [0.25, 0.3) is 0 Å². The number of epoxide rings is 1. The molecule has 0 spiro atoms. The molecule has 1 saturated heterocycles. The SMILES string of the molecule is Nc1cc(CC2CO2)ccc1C(=O)O. The molecular formula is C10H11NO3. The van der Waals surface area contributed by atoms with Crippen LogP contribution in [-0.4, -0.2) is 23.8 Å². The minimum absolute atomic E-state index is 0.158. The van der Waals surface area contributed by atoms with E-state index in [1.807, 2.05) is 0 Å². The van der Waals surface area contributed by atoms with Crippen LogP contribution >= 0.6 is 0 Å². The molecular weight excluding hydrogens is 182 g/mol. The van der Waals surface area contributed by atoms with Gasteiger partial charge >= 0.3 is 5.97 Å². The standard InChI is InChI=1S/C10H11NO3/c11-9-4-6(3-7-5-14-7)1-2-8(9)10(12)13/h1-2,4,7H,3,5,11H2,(H,12,13). The van der Waals surface area contributed by atoms with Crippen molar-refractivity contribution in [2.45, 2.75) is 12.5 Å². The van der Waals surface area contributed by atoms with E-state index in [0.717, 1.165) is 18.6 Å². The topological polar surface area (TPSA) is 75.8 Å². The van der Waals surface area contributed by atoms with Gasteiger partial charge in [-0.1, -0.05) is 6.07 Å². The molecule has 0 bridgehead atoms. The summed E-state index contributed by atoms with van der Waals surface area (Å²) in [6, 6.07) is 5.02. The van der Waals surface area contributed by atoms with Crippen molar-refractivity contribution in [1.82, 2.24) is 0 Å². The van der Waals surface area contributed by atoms with Gasteiger partial charge in [-0.05, 0) is 17.7 Å². The summed E-state index contributed by atoms with van der Waals surface area (Å²) in [5, 5.41) is 8.75. The van der Waals surface area contributed by atoms with Crippen LogP contribution in [-0.2, 0) is 11.2 Å². The second kappa shape index (κ2) is 3.31. The number of nitrogens with two attached hydrogens (primary N) is 1. The van der Waals surface area contributed by atoms with E-state index in [1.54, 1.807) is 12.1 Å². The highest BCUT2D eigenvalue weighted by Crippen LogP contribution is 2.20. The van der Waals surface area contributed by atoms with Crippen LogP contribution in [0, 0.1) is 0 Å². The predicted molar refractivity (Wildman–Crippen MR) is 51.3 cm³/mol. The summed E-state index contributed by atoms with van der Waals surface area (Å²) in [5.41, 5.74) is 7.09. The molecule has 0 aliphatic carbocycles. The van der Waals surface area contributed by atoms with Gasteiger partial charge in [0.15, 0.2) is 0 Å². The summed E-state index contributed by atoms with van der Waals surface area (Å²) in [5.74, 6) is -0.989. The molecule has 1 aromatic carbocycles. The summed E-state index contributed by atoms with van der Waals surface area (Å²) in [6.07, 6.45) is 1.11. The number of carboxylic acid groups (broad SMARTS) is 1. The predicted octanol–water partition coefficient (Wildman–Crippen LogP) is 0.908. The first-order chi connectivity index (χ1) is 6.66. The van der Waals surface area contributed by atoms with E-state index in [1.165, 1.54) is 6.07 Å². The van der Waals surface area contributed by atoms with Crippen LogP contribution in [0.4, 0.5) is 5.69 Å². The Balaban J connectivity index is 2.20.